The zero-order chi connectivity index (χ0) is 15.5. The summed E-state index contributed by atoms with van der Waals surface area (Å²) < 4.78 is 18.8. The predicted octanol–water partition coefficient (Wildman–Crippen LogP) is 4.30. The Morgan fingerprint density at radius 2 is 1.55 bits per heavy atom. The summed E-state index contributed by atoms with van der Waals surface area (Å²) >= 11 is 0. The molecule has 3 aliphatic carbocycles. The van der Waals surface area contributed by atoms with Gasteiger partial charge in [-0.15, -0.1) is 0 Å². The minimum absolute atomic E-state index is 0.195. The van der Waals surface area contributed by atoms with Gasteiger partial charge in [0.25, 0.3) is 0 Å². The zero-order valence-electron chi connectivity index (χ0n) is 14.6. The first kappa shape index (κ1) is 15.4. The first-order valence-electron chi connectivity index (χ1n) is 9.34. The van der Waals surface area contributed by atoms with Crippen LogP contribution in [0.4, 0.5) is 0 Å². The molecular formula is C19H32O3. The summed E-state index contributed by atoms with van der Waals surface area (Å²) in [4.78, 5) is 0. The minimum Gasteiger partial charge on any atom is -0.381 e. The van der Waals surface area contributed by atoms with Crippen LogP contribution in [0.25, 0.3) is 0 Å². The Balaban J connectivity index is 1.84. The Morgan fingerprint density at radius 3 is 2.18 bits per heavy atom. The highest BCUT2D eigenvalue weighted by Crippen LogP contribution is 2.74. The van der Waals surface area contributed by atoms with Crippen molar-refractivity contribution in [2.75, 3.05) is 20.3 Å². The fourth-order valence-electron chi connectivity index (χ4n) is 7.07. The van der Waals surface area contributed by atoms with Crippen molar-refractivity contribution in [3.8, 4) is 0 Å². The fraction of sp³-hybridized carbons (Fsp3) is 1.00. The van der Waals surface area contributed by atoms with E-state index < -0.39 is 0 Å². The first-order chi connectivity index (χ1) is 10.5. The molecule has 1 aliphatic heterocycles. The molecule has 0 radical (unpaired) electrons. The summed E-state index contributed by atoms with van der Waals surface area (Å²) in [6, 6.07) is 0. The Bertz CT molecular complexity index is 436. The molecule has 0 bridgehead atoms. The van der Waals surface area contributed by atoms with Crippen LogP contribution in [0.5, 0.6) is 0 Å². The molecule has 3 saturated carbocycles. The zero-order valence-corrected chi connectivity index (χ0v) is 14.6. The summed E-state index contributed by atoms with van der Waals surface area (Å²) in [6.07, 6.45) is 11.6. The van der Waals surface area contributed by atoms with E-state index in [1.807, 2.05) is 7.11 Å². The van der Waals surface area contributed by atoms with Crippen LogP contribution in [-0.4, -0.2) is 32.2 Å². The molecule has 3 unspecified atom stereocenters. The quantitative estimate of drug-likeness (QED) is 0.723. The van der Waals surface area contributed by atoms with E-state index in [9.17, 15) is 0 Å². The maximum atomic E-state index is 6.38. The van der Waals surface area contributed by atoms with Gasteiger partial charge in [-0.25, -0.2) is 0 Å². The van der Waals surface area contributed by atoms with Crippen LogP contribution in [0.2, 0.25) is 0 Å². The van der Waals surface area contributed by atoms with Crippen molar-refractivity contribution in [3.05, 3.63) is 0 Å². The topological polar surface area (TPSA) is 27.7 Å². The molecule has 22 heavy (non-hydrogen) atoms. The van der Waals surface area contributed by atoms with E-state index in [1.165, 1.54) is 51.4 Å². The van der Waals surface area contributed by atoms with Crippen LogP contribution in [0.15, 0.2) is 0 Å². The Kier molecular flexibility index (Phi) is 3.46. The minimum atomic E-state index is -0.298. The van der Waals surface area contributed by atoms with E-state index >= 15 is 0 Å². The van der Waals surface area contributed by atoms with Gasteiger partial charge < -0.3 is 14.2 Å². The molecule has 1 saturated heterocycles. The van der Waals surface area contributed by atoms with E-state index in [0.717, 1.165) is 19.6 Å². The van der Waals surface area contributed by atoms with E-state index in [1.54, 1.807) is 0 Å². The lowest BCUT2D eigenvalue weighted by Gasteiger charge is -2.69. The lowest BCUT2D eigenvalue weighted by molar-refractivity contribution is -0.339. The van der Waals surface area contributed by atoms with E-state index in [0.29, 0.717) is 6.10 Å². The molecule has 0 N–H and O–H groups in total. The highest BCUT2D eigenvalue weighted by molar-refractivity contribution is 5.19. The molecule has 3 atom stereocenters. The molecule has 0 aromatic heterocycles. The number of methoxy groups -OCH3 is 1. The lowest BCUT2D eigenvalue weighted by atomic mass is 9.39. The normalized spacial score (nSPS) is 46.2. The van der Waals surface area contributed by atoms with Gasteiger partial charge in [-0.05, 0) is 37.5 Å². The Hall–Kier alpha value is -0.120. The fourth-order valence-corrected chi connectivity index (χ4v) is 7.07. The largest absolute Gasteiger partial charge is 0.381 e. The van der Waals surface area contributed by atoms with Crippen molar-refractivity contribution in [2.45, 2.75) is 83.5 Å². The average Bonchev–Trinajstić information content (AvgIpc) is 3.17. The van der Waals surface area contributed by atoms with Crippen LogP contribution >= 0.6 is 0 Å². The second-order valence-corrected chi connectivity index (χ2v) is 8.61. The van der Waals surface area contributed by atoms with Crippen molar-refractivity contribution < 1.29 is 14.2 Å². The highest BCUT2D eigenvalue weighted by atomic mass is 16.7. The van der Waals surface area contributed by atoms with Crippen LogP contribution in [0.1, 0.15) is 71.6 Å². The monoisotopic (exact) mass is 308 g/mol. The van der Waals surface area contributed by atoms with Gasteiger partial charge in [0.05, 0.1) is 19.3 Å². The molecule has 4 fully saturated rings. The highest BCUT2D eigenvalue weighted by Gasteiger charge is 2.73. The van der Waals surface area contributed by atoms with Crippen LogP contribution < -0.4 is 0 Å². The molecule has 1 heterocycles. The van der Waals surface area contributed by atoms with E-state index in [2.05, 4.69) is 13.8 Å². The second-order valence-electron chi connectivity index (χ2n) is 8.61. The average molecular weight is 308 g/mol. The predicted molar refractivity (Wildman–Crippen MR) is 85.6 cm³/mol. The molecule has 126 valence electrons. The smallest absolute Gasteiger partial charge is 0.174 e. The van der Waals surface area contributed by atoms with Gasteiger partial charge in [0.1, 0.15) is 0 Å². The Labute approximate surface area is 135 Å². The lowest BCUT2D eigenvalue weighted by Crippen LogP contribution is -2.69. The molecule has 0 aromatic carbocycles. The number of fused-ring (bicyclic) bond motifs is 3. The van der Waals surface area contributed by atoms with Crippen molar-refractivity contribution in [2.24, 2.45) is 16.2 Å². The van der Waals surface area contributed by atoms with E-state index in [-0.39, 0.29) is 22.0 Å². The third-order valence-electron chi connectivity index (χ3n) is 8.37. The second kappa shape index (κ2) is 4.94. The van der Waals surface area contributed by atoms with Crippen molar-refractivity contribution in [3.63, 3.8) is 0 Å². The van der Waals surface area contributed by atoms with Gasteiger partial charge in [-0.2, -0.15) is 0 Å². The third-order valence-corrected chi connectivity index (χ3v) is 8.37. The van der Waals surface area contributed by atoms with Crippen molar-refractivity contribution in [1.29, 1.82) is 0 Å². The summed E-state index contributed by atoms with van der Waals surface area (Å²) in [5.41, 5.74) is 0.712. The van der Waals surface area contributed by atoms with Gasteiger partial charge >= 0.3 is 0 Å². The Morgan fingerprint density at radius 1 is 0.864 bits per heavy atom. The SMILES string of the molecule is COC1CCCC2(C)C1(C)CCC1(OCCO1)C21CCCC1. The molecule has 2 spiro atoms. The van der Waals surface area contributed by atoms with Gasteiger partial charge in [0.15, 0.2) is 5.79 Å². The number of ether oxygens (including phenoxy) is 3. The van der Waals surface area contributed by atoms with E-state index in [4.69, 9.17) is 14.2 Å². The molecule has 4 aliphatic rings. The summed E-state index contributed by atoms with van der Waals surface area (Å²) in [6.45, 7) is 6.61. The van der Waals surface area contributed by atoms with Crippen LogP contribution in [-0.2, 0) is 14.2 Å². The first-order valence-corrected chi connectivity index (χ1v) is 9.34. The van der Waals surface area contributed by atoms with Crippen molar-refractivity contribution >= 4 is 0 Å². The van der Waals surface area contributed by atoms with Gasteiger partial charge in [-0.1, -0.05) is 33.1 Å². The summed E-state index contributed by atoms with van der Waals surface area (Å²) in [5.74, 6) is -0.298. The third kappa shape index (κ3) is 1.58. The molecule has 3 heteroatoms. The van der Waals surface area contributed by atoms with Gasteiger partial charge in [0, 0.05) is 24.4 Å². The maximum absolute atomic E-state index is 6.38. The van der Waals surface area contributed by atoms with Gasteiger partial charge in [0.2, 0.25) is 0 Å². The summed E-state index contributed by atoms with van der Waals surface area (Å²) in [7, 11) is 1.91. The van der Waals surface area contributed by atoms with Crippen molar-refractivity contribution in [1.82, 2.24) is 0 Å². The molecular weight excluding hydrogens is 276 g/mol. The molecule has 3 nitrogen and oxygen atoms in total. The summed E-state index contributed by atoms with van der Waals surface area (Å²) in [5, 5.41) is 0. The number of rotatable bonds is 1. The standard InChI is InChI=1S/C19H32O3/c1-16-11-12-19(21-13-14-22-19)18(9-4-5-10-18)17(16,2)8-6-7-15(16)20-3/h15H,4-14H2,1-3H3. The molecule has 4 rings (SSSR count). The van der Waals surface area contributed by atoms with Crippen LogP contribution in [0, 0.1) is 16.2 Å². The molecule has 0 aromatic rings. The maximum Gasteiger partial charge on any atom is 0.174 e. The van der Waals surface area contributed by atoms with Gasteiger partial charge in [-0.3, -0.25) is 0 Å². The number of hydrogen-bond donors (Lipinski definition) is 0. The molecule has 0 amide bonds. The van der Waals surface area contributed by atoms with Crippen LogP contribution in [0.3, 0.4) is 0 Å². The number of hydrogen-bond acceptors (Lipinski definition) is 3.